The van der Waals surface area contributed by atoms with E-state index < -0.39 is 0 Å². The highest BCUT2D eigenvalue weighted by Gasteiger charge is 2.42. The second kappa shape index (κ2) is 5.22. The predicted molar refractivity (Wildman–Crippen MR) is 75.6 cm³/mol. The summed E-state index contributed by atoms with van der Waals surface area (Å²) in [5.41, 5.74) is 1.23. The maximum Gasteiger partial charge on any atom is 0.123 e. The fourth-order valence-electron chi connectivity index (χ4n) is 3.86. The van der Waals surface area contributed by atoms with Crippen molar-refractivity contribution in [2.75, 3.05) is 19.6 Å². The Balaban J connectivity index is 1.64. The molecule has 2 aliphatic heterocycles. The van der Waals surface area contributed by atoms with E-state index in [2.05, 4.69) is 24.1 Å². The van der Waals surface area contributed by atoms with E-state index in [1.165, 1.54) is 25.2 Å². The maximum atomic E-state index is 12.9. The lowest BCUT2D eigenvalue weighted by molar-refractivity contribution is 0.180. The summed E-state index contributed by atoms with van der Waals surface area (Å²) in [6.45, 7) is 8.22. The molecule has 0 aromatic heterocycles. The highest BCUT2D eigenvalue weighted by Crippen LogP contribution is 2.34. The minimum atomic E-state index is -0.147. The average molecular weight is 262 g/mol. The van der Waals surface area contributed by atoms with Crippen molar-refractivity contribution in [1.29, 1.82) is 0 Å². The van der Waals surface area contributed by atoms with E-state index in [-0.39, 0.29) is 5.82 Å². The van der Waals surface area contributed by atoms with E-state index in [1.54, 1.807) is 12.1 Å². The Bertz CT molecular complexity index is 431. The Morgan fingerprint density at radius 3 is 2.74 bits per heavy atom. The van der Waals surface area contributed by atoms with Gasteiger partial charge in [-0.25, -0.2) is 4.39 Å². The van der Waals surface area contributed by atoms with Gasteiger partial charge in [0.05, 0.1) is 0 Å². The van der Waals surface area contributed by atoms with Crippen LogP contribution in [-0.4, -0.2) is 36.6 Å². The first-order valence-electron chi connectivity index (χ1n) is 7.36. The summed E-state index contributed by atoms with van der Waals surface area (Å²) in [5.74, 6) is 1.49. The first-order chi connectivity index (χ1) is 9.15. The second-order valence-electron chi connectivity index (χ2n) is 6.20. The van der Waals surface area contributed by atoms with E-state index in [0.29, 0.717) is 12.1 Å². The lowest BCUT2D eigenvalue weighted by atomic mass is 9.95. The fourth-order valence-corrected chi connectivity index (χ4v) is 3.86. The molecule has 104 valence electrons. The number of fused-ring (bicyclic) bond motifs is 1. The Labute approximate surface area is 115 Å². The molecule has 2 aliphatic rings. The van der Waals surface area contributed by atoms with Crippen LogP contribution in [0.5, 0.6) is 0 Å². The van der Waals surface area contributed by atoms with Crippen molar-refractivity contribution in [1.82, 2.24) is 10.2 Å². The van der Waals surface area contributed by atoms with Gasteiger partial charge in [-0.1, -0.05) is 12.1 Å². The molecule has 0 spiro atoms. The van der Waals surface area contributed by atoms with Gasteiger partial charge in [0.25, 0.3) is 0 Å². The van der Waals surface area contributed by atoms with Crippen molar-refractivity contribution in [3.05, 3.63) is 35.6 Å². The topological polar surface area (TPSA) is 15.3 Å². The molecule has 3 rings (SSSR count). The molecule has 0 amide bonds. The normalized spacial score (nSPS) is 32.5. The minimum Gasteiger partial charge on any atom is -0.316 e. The molecule has 0 radical (unpaired) electrons. The zero-order valence-corrected chi connectivity index (χ0v) is 11.8. The van der Waals surface area contributed by atoms with Crippen molar-refractivity contribution < 1.29 is 4.39 Å². The second-order valence-corrected chi connectivity index (χ2v) is 6.20. The first kappa shape index (κ1) is 13.1. The largest absolute Gasteiger partial charge is 0.316 e. The predicted octanol–water partition coefficient (Wildman–Crippen LogP) is 2.30. The monoisotopic (exact) mass is 262 g/mol. The van der Waals surface area contributed by atoms with Crippen LogP contribution in [0.3, 0.4) is 0 Å². The van der Waals surface area contributed by atoms with Crippen LogP contribution < -0.4 is 5.32 Å². The van der Waals surface area contributed by atoms with Gasteiger partial charge >= 0.3 is 0 Å². The molecule has 2 heterocycles. The van der Waals surface area contributed by atoms with Crippen molar-refractivity contribution >= 4 is 0 Å². The Kier molecular flexibility index (Phi) is 3.59. The lowest BCUT2D eigenvalue weighted by Gasteiger charge is -2.30. The van der Waals surface area contributed by atoms with Crippen LogP contribution in [0.4, 0.5) is 4.39 Å². The van der Waals surface area contributed by atoms with Crippen molar-refractivity contribution in [3.8, 4) is 0 Å². The molecule has 2 saturated heterocycles. The van der Waals surface area contributed by atoms with E-state index in [9.17, 15) is 4.39 Å². The molecular formula is C16H23FN2. The molecule has 4 atom stereocenters. The van der Waals surface area contributed by atoms with Crippen LogP contribution in [0.25, 0.3) is 0 Å². The Morgan fingerprint density at radius 2 is 2.05 bits per heavy atom. The molecule has 0 bridgehead atoms. The summed E-state index contributed by atoms with van der Waals surface area (Å²) < 4.78 is 12.9. The zero-order chi connectivity index (χ0) is 13.4. The van der Waals surface area contributed by atoms with Gasteiger partial charge in [-0.2, -0.15) is 0 Å². The lowest BCUT2D eigenvalue weighted by Crippen LogP contribution is -2.40. The van der Waals surface area contributed by atoms with Crippen molar-refractivity contribution in [2.24, 2.45) is 11.8 Å². The molecule has 4 unspecified atom stereocenters. The van der Waals surface area contributed by atoms with Gasteiger partial charge in [-0.15, -0.1) is 0 Å². The number of hydrogen-bond donors (Lipinski definition) is 1. The number of rotatable bonds is 3. The smallest absolute Gasteiger partial charge is 0.123 e. The molecule has 1 aromatic carbocycles. The van der Waals surface area contributed by atoms with E-state index in [4.69, 9.17) is 0 Å². The average Bonchev–Trinajstić information content (AvgIpc) is 2.96. The molecular weight excluding hydrogens is 239 g/mol. The van der Waals surface area contributed by atoms with Crippen LogP contribution in [0.1, 0.15) is 19.4 Å². The van der Waals surface area contributed by atoms with Gasteiger partial charge in [0.15, 0.2) is 0 Å². The molecule has 19 heavy (non-hydrogen) atoms. The number of nitrogens with one attached hydrogen (secondary N) is 1. The summed E-state index contributed by atoms with van der Waals surface area (Å²) in [4.78, 5) is 2.64. The molecule has 1 aromatic rings. The fraction of sp³-hybridized carbons (Fsp3) is 0.625. The van der Waals surface area contributed by atoms with Crippen molar-refractivity contribution in [3.63, 3.8) is 0 Å². The summed E-state index contributed by atoms with van der Waals surface area (Å²) in [5, 5.41) is 3.50. The van der Waals surface area contributed by atoms with Gasteiger partial charge in [0.1, 0.15) is 5.82 Å². The van der Waals surface area contributed by atoms with Gasteiger partial charge < -0.3 is 5.32 Å². The third-order valence-corrected chi connectivity index (χ3v) is 4.99. The van der Waals surface area contributed by atoms with Crippen molar-refractivity contribution in [2.45, 2.75) is 32.4 Å². The first-order valence-corrected chi connectivity index (χ1v) is 7.36. The third-order valence-electron chi connectivity index (χ3n) is 4.99. The van der Waals surface area contributed by atoms with Crippen LogP contribution in [-0.2, 0) is 6.42 Å². The van der Waals surface area contributed by atoms with E-state index >= 15 is 0 Å². The standard InChI is InChI=1S/C16H23FN2/c1-11(7-13-3-5-15(17)6-4-13)19-10-14-8-18-9-16(14)12(19)2/h3-6,11-12,14,16,18H,7-10H2,1-2H3. The Hall–Kier alpha value is -0.930. The number of hydrogen-bond acceptors (Lipinski definition) is 2. The highest BCUT2D eigenvalue weighted by molar-refractivity contribution is 5.17. The SMILES string of the molecule is CC(Cc1ccc(F)cc1)N1CC2CNCC2C1C. The van der Waals surface area contributed by atoms with Crippen LogP contribution in [0.2, 0.25) is 0 Å². The van der Waals surface area contributed by atoms with Gasteiger partial charge in [-0.05, 0) is 62.9 Å². The maximum absolute atomic E-state index is 12.9. The van der Waals surface area contributed by atoms with Crippen LogP contribution in [0.15, 0.2) is 24.3 Å². The number of likely N-dealkylation sites (tertiary alicyclic amines) is 1. The zero-order valence-electron chi connectivity index (χ0n) is 11.8. The van der Waals surface area contributed by atoms with Crippen LogP contribution >= 0.6 is 0 Å². The Morgan fingerprint density at radius 1 is 1.32 bits per heavy atom. The van der Waals surface area contributed by atoms with E-state index in [0.717, 1.165) is 18.3 Å². The number of nitrogens with zero attached hydrogens (tertiary/aromatic N) is 1. The van der Waals surface area contributed by atoms with Gasteiger partial charge in [-0.3, -0.25) is 4.90 Å². The molecule has 0 aliphatic carbocycles. The minimum absolute atomic E-state index is 0.147. The number of halogens is 1. The number of benzene rings is 1. The summed E-state index contributed by atoms with van der Waals surface area (Å²) in [7, 11) is 0. The molecule has 2 nitrogen and oxygen atoms in total. The van der Waals surface area contributed by atoms with Crippen LogP contribution in [0, 0.1) is 17.7 Å². The summed E-state index contributed by atoms with van der Waals surface area (Å²) >= 11 is 0. The molecule has 0 saturated carbocycles. The van der Waals surface area contributed by atoms with Gasteiger partial charge in [0.2, 0.25) is 0 Å². The molecule has 2 fully saturated rings. The third kappa shape index (κ3) is 2.54. The molecule has 3 heteroatoms. The summed E-state index contributed by atoms with van der Waals surface area (Å²) in [6, 6.07) is 8.15. The van der Waals surface area contributed by atoms with Gasteiger partial charge in [0, 0.05) is 18.6 Å². The van der Waals surface area contributed by atoms with E-state index in [1.807, 2.05) is 12.1 Å². The molecule has 1 N–H and O–H groups in total. The summed E-state index contributed by atoms with van der Waals surface area (Å²) in [6.07, 6.45) is 1.01. The highest BCUT2D eigenvalue weighted by atomic mass is 19.1. The quantitative estimate of drug-likeness (QED) is 0.899.